The molecule has 1 N–H and O–H groups in total. The molecule has 0 aliphatic carbocycles. The maximum absolute atomic E-state index is 9.67. The predicted octanol–water partition coefficient (Wildman–Crippen LogP) is 1.08. The number of rotatable bonds is 5. The topological polar surface area (TPSA) is 94.8 Å². The molecule has 2 saturated heterocycles. The smallest absolute Gasteiger partial charge is 0.167 e. The average Bonchev–Trinajstić information content (AvgIpc) is 3.26. The van der Waals surface area contributed by atoms with Crippen LogP contribution in [0.15, 0.2) is 12.7 Å². The first kappa shape index (κ1) is 17.6. The van der Waals surface area contributed by atoms with Crippen molar-refractivity contribution in [2.75, 3.05) is 24.6 Å². The molecule has 26 heavy (non-hydrogen) atoms. The number of aliphatic hydroxyl groups is 1. The van der Waals surface area contributed by atoms with E-state index in [1.165, 1.54) is 0 Å². The SMILES string of the molecule is CCN(CC)c1ncnc2c1ncn2[C@@H]1O[C@H](CO)[C@H]2OC(C)(C)O[C@H]21. The summed E-state index contributed by atoms with van der Waals surface area (Å²) < 4.78 is 19.9. The molecule has 2 aliphatic heterocycles. The van der Waals surface area contributed by atoms with E-state index in [-0.39, 0.29) is 18.8 Å². The second kappa shape index (κ2) is 6.41. The summed E-state index contributed by atoms with van der Waals surface area (Å²) >= 11 is 0. The minimum atomic E-state index is -0.720. The van der Waals surface area contributed by atoms with Crippen molar-refractivity contribution < 1.29 is 19.3 Å². The van der Waals surface area contributed by atoms with Gasteiger partial charge in [0, 0.05) is 13.1 Å². The number of hydrogen-bond donors (Lipinski definition) is 1. The summed E-state index contributed by atoms with van der Waals surface area (Å²) in [6.45, 7) is 9.42. The highest BCUT2D eigenvalue weighted by atomic mass is 16.8. The molecule has 0 bridgehead atoms. The Labute approximate surface area is 151 Å². The van der Waals surface area contributed by atoms with Gasteiger partial charge in [-0.1, -0.05) is 0 Å². The van der Waals surface area contributed by atoms with Gasteiger partial charge < -0.3 is 24.2 Å². The predicted molar refractivity (Wildman–Crippen MR) is 93.7 cm³/mol. The van der Waals surface area contributed by atoms with E-state index in [0.29, 0.717) is 5.65 Å². The van der Waals surface area contributed by atoms with E-state index in [9.17, 15) is 5.11 Å². The van der Waals surface area contributed by atoms with E-state index in [4.69, 9.17) is 14.2 Å². The van der Waals surface area contributed by atoms with Crippen molar-refractivity contribution in [3.05, 3.63) is 12.7 Å². The lowest BCUT2D eigenvalue weighted by Crippen LogP contribution is -2.31. The van der Waals surface area contributed by atoms with Gasteiger partial charge in [0.05, 0.1) is 12.9 Å². The molecule has 4 rings (SSSR count). The van der Waals surface area contributed by atoms with Crippen molar-refractivity contribution in [2.24, 2.45) is 0 Å². The highest BCUT2D eigenvalue weighted by Crippen LogP contribution is 2.43. The molecule has 2 aliphatic rings. The van der Waals surface area contributed by atoms with Gasteiger partial charge in [-0.3, -0.25) is 4.57 Å². The first-order chi connectivity index (χ1) is 12.5. The number of imidazole rings is 1. The third-order valence-electron chi connectivity index (χ3n) is 4.98. The Morgan fingerprint density at radius 3 is 2.58 bits per heavy atom. The van der Waals surface area contributed by atoms with Crippen molar-refractivity contribution in [2.45, 2.75) is 58.0 Å². The third kappa shape index (κ3) is 2.66. The fourth-order valence-corrected chi connectivity index (χ4v) is 3.81. The van der Waals surface area contributed by atoms with Crippen LogP contribution in [0.2, 0.25) is 0 Å². The van der Waals surface area contributed by atoms with Crippen molar-refractivity contribution in [3.63, 3.8) is 0 Å². The van der Waals surface area contributed by atoms with Crippen LogP contribution in [-0.4, -0.2) is 68.4 Å². The van der Waals surface area contributed by atoms with E-state index in [1.54, 1.807) is 12.7 Å². The van der Waals surface area contributed by atoms with Crippen LogP contribution >= 0.6 is 0 Å². The summed E-state index contributed by atoms with van der Waals surface area (Å²) in [6, 6.07) is 0. The normalized spacial score (nSPS) is 30.0. The number of aromatic nitrogens is 4. The number of aliphatic hydroxyl groups excluding tert-OH is 1. The average molecular weight is 363 g/mol. The maximum Gasteiger partial charge on any atom is 0.167 e. The number of nitrogens with zero attached hydrogens (tertiary/aromatic N) is 5. The fourth-order valence-electron chi connectivity index (χ4n) is 3.81. The van der Waals surface area contributed by atoms with Crippen LogP contribution in [0.25, 0.3) is 11.2 Å². The van der Waals surface area contributed by atoms with Gasteiger partial charge in [-0.05, 0) is 27.7 Å². The molecular formula is C17H25N5O4. The van der Waals surface area contributed by atoms with E-state index in [1.807, 2.05) is 18.4 Å². The standard InChI is InChI=1S/C17H25N5O4/c1-5-21(6-2)14-11-15(19-8-18-14)22(9-20-11)16-13-12(10(7-23)24-16)25-17(3,4)26-13/h8-10,12-13,16,23H,5-7H2,1-4H3/t10-,12-,13-,16-/m1/s1. The quantitative estimate of drug-likeness (QED) is 0.843. The van der Waals surface area contributed by atoms with Gasteiger partial charge in [0.2, 0.25) is 0 Å². The highest BCUT2D eigenvalue weighted by Gasteiger charge is 2.56. The molecule has 9 heteroatoms. The molecule has 2 aromatic rings. The molecule has 0 aromatic carbocycles. The van der Waals surface area contributed by atoms with Crippen molar-refractivity contribution in [1.82, 2.24) is 19.5 Å². The second-order valence-corrected chi connectivity index (χ2v) is 7.01. The van der Waals surface area contributed by atoms with Crippen LogP contribution in [0.5, 0.6) is 0 Å². The number of hydrogen-bond acceptors (Lipinski definition) is 8. The van der Waals surface area contributed by atoms with Crippen molar-refractivity contribution in [3.8, 4) is 0 Å². The zero-order valence-corrected chi connectivity index (χ0v) is 15.5. The molecule has 4 atom stereocenters. The molecule has 9 nitrogen and oxygen atoms in total. The first-order valence-corrected chi connectivity index (χ1v) is 9.03. The molecular weight excluding hydrogens is 338 g/mol. The lowest BCUT2D eigenvalue weighted by Gasteiger charge is -2.24. The summed E-state index contributed by atoms with van der Waals surface area (Å²) in [4.78, 5) is 15.5. The monoisotopic (exact) mass is 363 g/mol. The maximum atomic E-state index is 9.67. The Balaban J connectivity index is 1.74. The summed E-state index contributed by atoms with van der Waals surface area (Å²) in [5, 5.41) is 9.67. The third-order valence-corrected chi connectivity index (χ3v) is 4.98. The van der Waals surface area contributed by atoms with Crippen LogP contribution in [0.3, 0.4) is 0 Å². The summed E-state index contributed by atoms with van der Waals surface area (Å²) in [5.41, 5.74) is 1.40. The van der Waals surface area contributed by atoms with E-state index in [0.717, 1.165) is 24.4 Å². The molecule has 142 valence electrons. The first-order valence-electron chi connectivity index (χ1n) is 9.03. The van der Waals surface area contributed by atoms with Gasteiger partial charge in [0.1, 0.15) is 24.6 Å². The Morgan fingerprint density at radius 1 is 1.15 bits per heavy atom. The van der Waals surface area contributed by atoms with Gasteiger partial charge in [-0.15, -0.1) is 0 Å². The molecule has 0 amide bonds. The summed E-state index contributed by atoms with van der Waals surface area (Å²) in [6.07, 6.45) is 1.65. The molecule has 4 heterocycles. The van der Waals surface area contributed by atoms with Crippen molar-refractivity contribution >= 4 is 17.0 Å². The minimum absolute atomic E-state index is 0.135. The van der Waals surface area contributed by atoms with E-state index >= 15 is 0 Å². The Hall–Kier alpha value is -1.81. The van der Waals surface area contributed by atoms with E-state index in [2.05, 4.69) is 33.7 Å². The second-order valence-electron chi connectivity index (χ2n) is 7.01. The van der Waals surface area contributed by atoms with Crippen molar-refractivity contribution in [1.29, 1.82) is 0 Å². The lowest BCUT2D eigenvalue weighted by molar-refractivity contribution is -0.199. The zero-order valence-electron chi connectivity index (χ0n) is 15.5. The lowest BCUT2D eigenvalue weighted by atomic mass is 10.1. The van der Waals surface area contributed by atoms with Gasteiger partial charge in [-0.25, -0.2) is 15.0 Å². The Bertz CT molecular complexity index is 791. The summed E-state index contributed by atoms with van der Waals surface area (Å²) in [7, 11) is 0. The molecule has 0 unspecified atom stereocenters. The van der Waals surface area contributed by atoms with Gasteiger partial charge in [0.15, 0.2) is 29.0 Å². The Kier molecular flexibility index (Phi) is 4.34. The van der Waals surface area contributed by atoms with Crippen LogP contribution in [0.4, 0.5) is 5.82 Å². The van der Waals surface area contributed by atoms with Crippen LogP contribution < -0.4 is 4.90 Å². The Morgan fingerprint density at radius 2 is 1.88 bits per heavy atom. The molecule has 2 aromatic heterocycles. The number of anilines is 1. The minimum Gasteiger partial charge on any atom is -0.394 e. The van der Waals surface area contributed by atoms with Gasteiger partial charge in [0.25, 0.3) is 0 Å². The van der Waals surface area contributed by atoms with Gasteiger partial charge >= 0.3 is 0 Å². The zero-order chi connectivity index (χ0) is 18.5. The largest absolute Gasteiger partial charge is 0.394 e. The fraction of sp³-hybridized carbons (Fsp3) is 0.706. The number of fused-ring (bicyclic) bond motifs is 2. The molecule has 0 saturated carbocycles. The van der Waals surface area contributed by atoms with Crippen LogP contribution in [-0.2, 0) is 14.2 Å². The molecule has 0 radical (unpaired) electrons. The summed E-state index contributed by atoms with van der Waals surface area (Å²) in [5.74, 6) is 0.0821. The number of ether oxygens (including phenoxy) is 3. The molecule has 0 spiro atoms. The van der Waals surface area contributed by atoms with Crippen LogP contribution in [0, 0.1) is 0 Å². The highest BCUT2D eigenvalue weighted by molar-refractivity contribution is 5.83. The molecule has 2 fully saturated rings. The van der Waals surface area contributed by atoms with E-state index < -0.39 is 18.1 Å². The van der Waals surface area contributed by atoms with Gasteiger partial charge in [-0.2, -0.15) is 0 Å². The van der Waals surface area contributed by atoms with Crippen LogP contribution in [0.1, 0.15) is 33.9 Å².